The molecule has 6 nitrogen and oxygen atoms in total. The summed E-state index contributed by atoms with van der Waals surface area (Å²) in [5, 5.41) is 17.0. The highest BCUT2D eigenvalue weighted by atomic mass is 16.3. The molecule has 0 saturated carbocycles. The molecular formula is C49H102N2O4. The van der Waals surface area contributed by atoms with Crippen molar-refractivity contribution in [3.8, 4) is 0 Å². The van der Waals surface area contributed by atoms with Gasteiger partial charge in [0.1, 0.15) is 6.29 Å². The number of hydrogen-bond donors (Lipinski definition) is 3. The van der Waals surface area contributed by atoms with Gasteiger partial charge in [0, 0.05) is 6.42 Å². The average Bonchev–Trinajstić information content (AvgIpc) is 3.17. The molecule has 0 aromatic carbocycles. The fourth-order valence-electron chi connectivity index (χ4n) is 7.42. The summed E-state index contributed by atoms with van der Waals surface area (Å²) in [5.74, 6) is 0.996. The molecule has 0 aliphatic carbocycles. The van der Waals surface area contributed by atoms with E-state index in [4.69, 9.17) is 15.0 Å². The summed E-state index contributed by atoms with van der Waals surface area (Å²) in [5.41, 5.74) is 0. The second-order valence-corrected chi connectivity index (χ2v) is 16.1. The summed E-state index contributed by atoms with van der Waals surface area (Å²) >= 11 is 0. The van der Waals surface area contributed by atoms with E-state index in [9.17, 15) is 4.79 Å². The number of carbonyl (C=O) groups is 2. The molecule has 55 heavy (non-hydrogen) atoms. The van der Waals surface area contributed by atoms with Crippen molar-refractivity contribution in [1.29, 1.82) is 0 Å². The summed E-state index contributed by atoms with van der Waals surface area (Å²) in [6, 6.07) is 0. The SMILES string of the molecule is C=CO.CCCCCCCCCCCCCCCCN(CCCC=O)CCCCCCCC(CCCCCCCC)CCCCCCCC.CNC.O=CO. The lowest BCUT2D eigenvalue weighted by Gasteiger charge is -2.22. The van der Waals surface area contributed by atoms with Gasteiger partial charge in [0.15, 0.2) is 0 Å². The zero-order valence-corrected chi connectivity index (χ0v) is 38.3. The van der Waals surface area contributed by atoms with Crippen LogP contribution >= 0.6 is 0 Å². The minimum absolute atomic E-state index is 0.250. The molecule has 0 heterocycles. The molecule has 0 atom stereocenters. The molecule has 0 fully saturated rings. The number of unbranched alkanes of at least 4 members (excludes halogenated alkanes) is 28. The molecule has 0 amide bonds. The maximum atomic E-state index is 10.9. The van der Waals surface area contributed by atoms with E-state index in [0.717, 1.165) is 37.9 Å². The molecule has 0 rings (SSSR count). The fraction of sp³-hybridized carbons (Fsp3) is 0.918. The first-order chi connectivity index (χ1) is 27.0. The van der Waals surface area contributed by atoms with E-state index in [1.807, 2.05) is 14.1 Å². The molecule has 332 valence electrons. The molecule has 0 spiro atoms. The predicted octanol–water partition coefficient (Wildman–Crippen LogP) is 15.4. The van der Waals surface area contributed by atoms with E-state index in [-0.39, 0.29) is 6.47 Å². The first kappa shape index (κ1) is 60.3. The summed E-state index contributed by atoms with van der Waals surface area (Å²) in [4.78, 5) is 21.9. The number of rotatable bonds is 41. The van der Waals surface area contributed by atoms with Gasteiger partial charge in [-0.1, -0.05) is 233 Å². The highest BCUT2D eigenvalue weighted by Gasteiger charge is 2.09. The monoisotopic (exact) mass is 783 g/mol. The molecule has 0 aromatic heterocycles. The van der Waals surface area contributed by atoms with Crippen LogP contribution in [-0.2, 0) is 9.59 Å². The Bertz CT molecular complexity index is 641. The Balaban J connectivity index is -0.00000130. The molecular weight excluding hydrogens is 681 g/mol. The Hall–Kier alpha value is -1.40. The molecule has 0 aromatic rings. The van der Waals surface area contributed by atoms with Crippen molar-refractivity contribution in [3.63, 3.8) is 0 Å². The lowest BCUT2D eigenvalue weighted by molar-refractivity contribution is -0.122. The topological polar surface area (TPSA) is 89.9 Å². The van der Waals surface area contributed by atoms with Crippen molar-refractivity contribution >= 4 is 12.8 Å². The number of carboxylic acid groups (broad SMARTS) is 1. The van der Waals surface area contributed by atoms with Crippen LogP contribution in [0, 0.1) is 5.92 Å². The summed E-state index contributed by atoms with van der Waals surface area (Å²) in [7, 11) is 3.75. The van der Waals surface area contributed by atoms with Gasteiger partial charge in [0.2, 0.25) is 0 Å². The smallest absolute Gasteiger partial charge is 0.290 e. The minimum Gasteiger partial charge on any atom is -0.516 e. The van der Waals surface area contributed by atoms with E-state index in [2.05, 4.69) is 37.6 Å². The number of aliphatic hydroxyl groups excluding tert-OH is 1. The summed E-state index contributed by atoms with van der Waals surface area (Å²) in [6.07, 6.45) is 52.4. The van der Waals surface area contributed by atoms with Crippen molar-refractivity contribution in [2.24, 2.45) is 5.92 Å². The zero-order valence-electron chi connectivity index (χ0n) is 38.3. The van der Waals surface area contributed by atoms with E-state index in [1.54, 1.807) is 0 Å². The molecule has 3 N–H and O–H groups in total. The first-order valence-electron chi connectivity index (χ1n) is 24.1. The minimum atomic E-state index is -0.250. The van der Waals surface area contributed by atoms with Gasteiger partial charge in [-0.3, -0.25) is 4.79 Å². The van der Waals surface area contributed by atoms with Crippen LogP contribution in [0.1, 0.15) is 252 Å². The molecule has 6 heteroatoms. The molecule has 0 bridgehead atoms. The van der Waals surface area contributed by atoms with Crippen LogP contribution < -0.4 is 5.32 Å². The molecule has 0 unspecified atom stereocenters. The largest absolute Gasteiger partial charge is 0.516 e. The summed E-state index contributed by atoms with van der Waals surface area (Å²) in [6.45, 7) is 13.2. The van der Waals surface area contributed by atoms with Crippen molar-refractivity contribution in [2.45, 2.75) is 252 Å². The lowest BCUT2D eigenvalue weighted by Crippen LogP contribution is -2.27. The maximum Gasteiger partial charge on any atom is 0.290 e. The van der Waals surface area contributed by atoms with Crippen molar-refractivity contribution < 1.29 is 19.8 Å². The maximum absolute atomic E-state index is 10.9. The van der Waals surface area contributed by atoms with Crippen molar-refractivity contribution in [1.82, 2.24) is 10.2 Å². The normalized spacial score (nSPS) is 10.6. The van der Waals surface area contributed by atoms with Crippen LogP contribution in [0.25, 0.3) is 0 Å². The fourth-order valence-corrected chi connectivity index (χ4v) is 7.42. The van der Waals surface area contributed by atoms with Crippen LogP contribution in [0.15, 0.2) is 12.8 Å². The third kappa shape index (κ3) is 64.8. The van der Waals surface area contributed by atoms with E-state index < -0.39 is 0 Å². The van der Waals surface area contributed by atoms with Crippen molar-refractivity contribution in [3.05, 3.63) is 12.8 Å². The second-order valence-electron chi connectivity index (χ2n) is 16.1. The molecule has 0 aliphatic heterocycles. The number of aldehydes is 1. The third-order valence-electron chi connectivity index (χ3n) is 10.6. The van der Waals surface area contributed by atoms with E-state index >= 15 is 0 Å². The number of nitrogens with one attached hydrogen (secondary N) is 1. The quantitative estimate of drug-likeness (QED) is 0.0325. The lowest BCUT2D eigenvalue weighted by atomic mass is 9.89. The highest BCUT2D eigenvalue weighted by Crippen LogP contribution is 2.25. The van der Waals surface area contributed by atoms with Crippen LogP contribution in [-0.4, -0.2) is 61.6 Å². The Morgan fingerprint density at radius 2 is 0.673 bits per heavy atom. The van der Waals surface area contributed by atoms with Crippen LogP contribution in [0.2, 0.25) is 0 Å². The Labute approximate surface area is 346 Å². The Morgan fingerprint density at radius 1 is 0.455 bits per heavy atom. The van der Waals surface area contributed by atoms with Crippen LogP contribution in [0.3, 0.4) is 0 Å². The first-order valence-corrected chi connectivity index (χ1v) is 24.1. The van der Waals surface area contributed by atoms with Gasteiger partial charge in [-0.2, -0.15) is 0 Å². The van der Waals surface area contributed by atoms with E-state index in [0.29, 0.717) is 0 Å². The number of nitrogens with zero attached hydrogens (tertiary/aromatic N) is 1. The zero-order chi connectivity index (χ0) is 41.6. The van der Waals surface area contributed by atoms with Gasteiger partial charge < -0.3 is 25.2 Å². The second kappa shape index (κ2) is 61.8. The Morgan fingerprint density at radius 3 is 0.927 bits per heavy atom. The van der Waals surface area contributed by atoms with Gasteiger partial charge in [0.05, 0.1) is 6.26 Å². The highest BCUT2D eigenvalue weighted by molar-refractivity contribution is 5.49. The standard InChI is InChI=1S/C44H89NO.C2H7N.C2H4O.CH2O2/c1-4-7-10-13-16-17-18-19-20-21-22-23-28-33-40-45(42-35-36-43-46)41-34-29-24-27-32-39-44(37-30-25-14-11-8-5-2)38-31-26-15-12-9-6-3;1-3-2;1-2-3;2-1-3/h43-44H,4-42H2,1-3H3;3H,1-2H3;2-3H,1H2;1H,(H,2,3). The average molecular weight is 783 g/mol. The molecule has 0 aliphatic rings. The van der Waals surface area contributed by atoms with Gasteiger partial charge >= 0.3 is 0 Å². The Kier molecular flexibility index (Phi) is 67.7. The number of aliphatic hydroxyl groups is 1. The number of carbonyl (C=O) groups excluding carboxylic acids is 1. The third-order valence-corrected chi connectivity index (χ3v) is 10.6. The van der Waals surface area contributed by atoms with E-state index in [1.165, 1.54) is 231 Å². The summed E-state index contributed by atoms with van der Waals surface area (Å²) < 4.78 is 0. The van der Waals surface area contributed by atoms with Crippen molar-refractivity contribution in [2.75, 3.05) is 33.7 Å². The van der Waals surface area contributed by atoms with Crippen LogP contribution in [0.5, 0.6) is 0 Å². The molecule has 0 saturated heterocycles. The predicted molar refractivity (Wildman–Crippen MR) is 246 cm³/mol. The van der Waals surface area contributed by atoms with Gasteiger partial charge in [0.25, 0.3) is 6.47 Å². The molecule has 0 radical (unpaired) electrons. The number of hydrogen-bond acceptors (Lipinski definition) is 5. The van der Waals surface area contributed by atoms with Gasteiger partial charge in [-0.05, 0) is 58.9 Å². The van der Waals surface area contributed by atoms with Gasteiger partial charge in [-0.25, -0.2) is 0 Å². The van der Waals surface area contributed by atoms with Gasteiger partial charge in [-0.15, -0.1) is 0 Å². The van der Waals surface area contributed by atoms with Crippen LogP contribution in [0.4, 0.5) is 0 Å².